The molecule has 1 aliphatic rings. The Bertz CT molecular complexity index is 512. The summed E-state index contributed by atoms with van der Waals surface area (Å²) in [6.45, 7) is 3.89. The van der Waals surface area contributed by atoms with Crippen molar-refractivity contribution >= 4 is 23.1 Å². The molecule has 1 aromatic carbocycles. The van der Waals surface area contributed by atoms with Crippen LogP contribution in [0.3, 0.4) is 0 Å². The van der Waals surface area contributed by atoms with Crippen molar-refractivity contribution in [1.82, 2.24) is 5.32 Å². The van der Waals surface area contributed by atoms with Gasteiger partial charge in [0.1, 0.15) is 5.75 Å². The maximum atomic E-state index is 12.2. The normalized spacial score (nSPS) is 15.8. The van der Waals surface area contributed by atoms with E-state index in [-0.39, 0.29) is 18.1 Å². The lowest BCUT2D eigenvalue weighted by Crippen LogP contribution is -2.45. The Morgan fingerprint density at radius 3 is 2.70 bits per heavy atom. The highest BCUT2D eigenvalue weighted by molar-refractivity contribution is 7.80. The number of ether oxygens (including phenoxy) is 1. The number of carbonyl (C=O) groups excluding carboxylic acids is 1. The predicted octanol–water partition coefficient (Wildman–Crippen LogP) is 2.27. The van der Waals surface area contributed by atoms with Crippen LogP contribution in [-0.4, -0.2) is 23.0 Å². The summed E-state index contributed by atoms with van der Waals surface area (Å²) in [6, 6.07) is 6.93. The molecule has 20 heavy (non-hydrogen) atoms. The highest BCUT2D eigenvalue weighted by Crippen LogP contribution is 2.33. The first-order valence-electron chi connectivity index (χ1n) is 6.84. The fraction of sp³-hybridized carbons (Fsp3) is 0.467. The summed E-state index contributed by atoms with van der Waals surface area (Å²) in [4.78, 5) is 12.6. The SMILES string of the molecule is CC(C)Oc1cccc(C(=O)NC(C(N)=S)C2CC2)c1. The average molecular weight is 292 g/mol. The van der Waals surface area contributed by atoms with E-state index in [0.717, 1.165) is 12.8 Å². The molecule has 1 aromatic rings. The van der Waals surface area contributed by atoms with E-state index in [0.29, 0.717) is 22.2 Å². The zero-order chi connectivity index (χ0) is 14.7. The number of nitrogens with one attached hydrogen (secondary N) is 1. The number of rotatable bonds is 6. The Kier molecular flexibility index (Phi) is 4.60. The Balaban J connectivity index is 2.06. The first-order chi connectivity index (χ1) is 9.47. The number of thiocarbonyl (C=S) groups is 1. The zero-order valence-electron chi connectivity index (χ0n) is 11.8. The number of nitrogens with two attached hydrogens (primary N) is 1. The molecule has 0 aliphatic heterocycles. The molecule has 108 valence electrons. The second-order valence-corrected chi connectivity index (χ2v) is 5.86. The van der Waals surface area contributed by atoms with E-state index in [1.807, 2.05) is 19.9 Å². The van der Waals surface area contributed by atoms with E-state index in [2.05, 4.69) is 5.32 Å². The molecule has 0 saturated heterocycles. The Morgan fingerprint density at radius 1 is 1.45 bits per heavy atom. The molecular formula is C15H20N2O2S. The molecule has 2 rings (SSSR count). The van der Waals surface area contributed by atoms with Gasteiger partial charge in [0.15, 0.2) is 0 Å². The third kappa shape index (κ3) is 3.93. The van der Waals surface area contributed by atoms with Crippen LogP contribution in [0.4, 0.5) is 0 Å². The smallest absolute Gasteiger partial charge is 0.251 e. The van der Waals surface area contributed by atoms with Crippen LogP contribution in [-0.2, 0) is 0 Å². The van der Waals surface area contributed by atoms with Crippen LogP contribution in [0.1, 0.15) is 37.0 Å². The molecule has 3 N–H and O–H groups in total. The first-order valence-corrected chi connectivity index (χ1v) is 7.25. The summed E-state index contributed by atoms with van der Waals surface area (Å²) in [5.41, 5.74) is 6.25. The number of carbonyl (C=O) groups is 1. The zero-order valence-corrected chi connectivity index (χ0v) is 12.6. The van der Waals surface area contributed by atoms with E-state index < -0.39 is 0 Å². The van der Waals surface area contributed by atoms with Gasteiger partial charge in [-0.15, -0.1) is 0 Å². The van der Waals surface area contributed by atoms with E-state index >= 15 is 0 Å². The second kappa shape index (κ2) is 6.22. The van der Waals surface area contributed by atoms with E-state index in [1.165, 1.54) is 0 Å². The van der Waals surface area contributed by atoms with Crippen molar-refractivity contribution < 1.29 is 9.53 Å². The lowest BCUT2D eigenvalue weighted by atomic mass is 10.1. The summed E-state index contributed by atoms with van der Waals surface area (Å²) in [7, 11) is 0. The van der Waals surface area contributed by atoms with Crippen molar-refractivity contribution in [3.8, 4) is 5.75 Å². The van der Waals surface area contributed by atoms with Gasteiger partial charge in [-0.3, -0.25) is 4.79 Å². The maximum Gasteiger partial charge on any atom is 0.251 e. The third-order valence-electron chi connectivity index (χ3n) is 3.15. The summed E-state index contributed by atoms with van der Waals surface area (Å²) >= 11 is 5.02. The topological polar surface area (TPSA) is 64.3 Å². The molecule has 5 heteroatoms. The monoisotopic (exact) mass is 292 g/mol. The predicted molar refractivity (Wildman–Crippen MR) is 83.0 cm³/mol. The molecule has 4 nitrogen and oxygen atoms in total. The molecule has 1 amide bonds. The van der Waals surface area contributed by atoms with Crippen molar-refractivity contribution in [3.05, 3.63) is 29.8 Å². The van der Waals surface area contributed by atoms with E-state index in [1.54, 1.807) is 18.2 Å². The molecule has 1 saturated carbocycles. The van der Waals surface area contributed by atoms with Crippen LogP contribution < -0.4 is 15.8 Å². The van der Waals surface area contributed by atoms with Crippen molar-refractivity contribution in [3.63, 3.8) is 0 Å². The fourth-order valence-electron chi connectivity index (χ4n) is 2.06. The standard InChI is InChI=1S/C15H20N2O2S/c1-9(2)19-12-5-3-4-11(8-12)15(18)17-13(14(16)20)10-6-7-10/h3-5,8-10,13H,6-7H2,1-2H3,(H2,16,20)(H,17,18). The largest absolute Gasteiger partial charge is 0.491 e. The third-order valence-corrected chi connectivity index (χ3v) is 3.41. The van der Waals surface area contributed by atoms with Crippen LogP contribution in [0.2, 0.25) is 0 Å². The van der Waals surface area contributed by atoms with E-state index in [4.69, 9.17) is 22.7 Å². The molecule has 0 spiro atoms. The summed E-state index contributed by atoms with van der Waals surface area (Å²) < 4.78 is 5.59. The first kappa shape index (κ1) is 14.8. The van der Waals surface area contributed by atoms with Crippen LogP contribution >= 0.6 is 12.2 Å². The van der Waals surface area contributed by atoms with Crippen LogP contribution in [0.25, 0.3) is 0 Å². The van der Waals surface area contributed by atoms with Gasteiger partial charge in [0.25, 0.3) is 5.91 Å². The highest BCUT2D eigenvalue weighted by atomic mass is 32.1. The molecule has 0 heterocycles. The fourth-order valence-corrected chi connectivity index (χ4v) is 2.31. The summed E-state index contributed by atoms with van der Waals surface area (Å²) in [5.74, 6) is 0.918. The van der Waals surface area contributed by atoms with Gasteiger partial charge in [-0.1, -0.05) is 18.3 Å². The number of amides is 1. The minimum absolute atomic E-state index is 0.0733. The van der Waals surface area contributed by atoms with Crippen molar-refractivity contribution in [2.24, 2.45) is 11.7 Å². The van der Waals surface area contributed by atoms with Gasteiger partial charge in [0, 0.05) is 5.56 Å². The van der Waals surface area contributed by atoms with Crippen molar-refractivity contribution in [1.29, 1.82) is 0 Å². The average Bonchev–Trinajstić information content (AvgIpc) is 3.19. The van der Waals surface area contributed by atoms with Crippen LogP contribution in [0.5, 0.6) is 5.75 Å². The molecule has 0 bridgehead atoms. The Hall–Kier alpha value is -1.62. The molecule has 1 aliphatic carbocycles. The van der Waals surface area contributed by atoms with Gasteiger partial charge in [-0.05, 0) is 50.8 Å². The van der Waals surface area contributed by atoms with Crippen molar-refractivity contribution in [2.45, 2.75) is 38.8 Å². The molecule has 0 aromatic heterocycles. The number of hydrogen-bond acceptors (Lipinski definition) is 3. The molecule has 1 atom stereocenters. The van der Waals surface area contributed by atoms with Crippen LogP contribution in [0, 0.1) is 5.92 Å². The highest BCUT2D eigenvalue weighted by Gasteiger charge is 2.34. The Labute approximate surface area is 124 Å². The van der Waals surface area contributed by atoms with Gasteiger partial charge in [-0.25, -0.2) is 0 Å². The molecule has 0 radical (unpaired) electrons. The molecule has 1 unspecified atom stereocenters. The minimum Gasteiger partial charge on any atom is -0.491 e. The van der Waals surface area contributed by atoms with Gasteiger partial charge >= 0.3 is 0 Å². The number of hydrogen-bond donors (Lipinski definition) is 2. The van der Waals surface area contributed by atoms with E-state index in [9.17, 15) is 4.79 Å². The second-order valence-electron chi connectivity index (χ2n) is 5.39. The summed E-state index contributed by atoms with van der Waals surface area (Å²) in [5, 5.41) is 2.91. The quantitative estimate of drug-likeness (QED) is 0.790. The number of benzene rings is 1. The maximum absolute atomic E-state index is 12.2. The summed E-state index contributed by atoms with van der Waals surface area (Å²) in [6.07, 6.45) is 2.21. The van der Waals surface area contributed by atoms with Gasteiger partial charge in [-0.2, -0.15) is 0 Å². The molecule has 1 fully saturated rings. The minimum atomic E-state index is -0.202. The van der Waals surface area contributed by atoms with Gasteiger partial charge in [0.05, 0.1) is 17.1 Å². The van der Waals surface area contributed by atoms with Crippen molar-refractivity contribution in [2.75, 3.05) is 0 Å². The van der Waals surface area contributed by atoms with Gasteiger partial charge < -0.3 is 15.8 Å². The van der Waals surface area contributed by atoms with Crippen LogP contribution in [0.15, 0.2) is 24.3 Å². The lowest BCUT2D eigenvalue weighted by molar-refractivity contribution is 0.0943. The Morgan fingerprint density at radius 2 is 2.15 bits per heavy atom. The van der Waals surface area contributed by atoms with Gasteiger partial charge in [0.2, 0.25) is 0 Å². The lowest BCUT2D eigenvalue weighted by Gasteiger charge is -2.17. The molecular weight excluding hydrogens is 272 g/mol.